The zero-order valence-corrected chi connectivity index (χ0v) is 9.11. The quantitative estimate of drug-likeness (QED) is 0.832. The largest absolute Gasteiger partial charge is 0.329 e. The number of benzene rings is 1. The standard InChI is InChI=1S/C11H12ClF2N/c1-7-4-8(12)2-3-9(7)10(6-15)5-11(10,13)14/h2-4H,5-6,15H2,1H3. The smallest absolute Gasteiger partial charge is 0.260 e. The van der Waals surface area contributed by atoms with Crippen molar-refractivity contribution in [2.75, 3.05) is 6.54 Å². The highest BCUT2D eigenvalue weighted by atomic mass is 35.5. The maximum Gasteiger partial charge on any atom is 0.260 e. The van der Waals surface area contributed by atoms with E-state index in [0.29, 0.717) is 10.6 Å². The molecule has 1 atom stereocenters. The number of halogens is 3. The maximum atomic E-state index is 13.3. The third-order valence-corrected chi connectivity index (χ3v) is 3.39. The molecule has 82 valence electrons. The average Bonchev–Trinajstić information content (AvgIpc) is 2.69. The minimum atomic E-state index is -2.67. The molecule has 0 aromatic heterocycles. The Labute approximate surface area is 92.2 Å². The van der Waals surface area contributed by atoms with Crippen LogP contribution in [0.5, 0.6) is 0 Å². The summed E-state index contributed by atoms with van der Waals surface area (Å²) in [4.78, 5) is 0. The summed E-state index contributed by atoms with van der Waals surface area (Å²) in [5, 5.41) is 0.562. The van der Waals surface area contributed by atoms with Crippen molar-refractivity contribution in [3.63, 3.8) is 0 Å². The van der Waals surface area contributed by atoms with Crippen molar-refractivity contribution in [1.29, 1.82) is 0 Å². The molecule has 1 aromatic rings. The molecule has 1 aromatic carbocycles. The van der Waals surface area contributed by atoms with Crippen LogP contribution in [0.15, 0.2) is 18.2 Å². The van der Waals surface area contributed by atoms with Gasteiger partial charge in [0.25, 0.3) is 5.92 Å². The normalized spacial score (nSPS) is 27.8. The Hall–Kier alpha value is -0.670. The second kappa shape index (κ2) is 3.16. The van der Waals surface area contributed by atoms with Crippen LogP contribution in [0.2, 0.25) is 5.02 Å². The van der Waals surface area contributed by atoms with Crippen LogP contribution in [-0.2, 0) is 5.41 Å². The van der Waals surface area contributed by atoms with Gasteiger partial charge >= 0.3 is 0 Å². The van der Waals surface area contributed by atoms with Crippen LogP contribution in [-0.4, -0.2) is 12.5 Å². The molecular weight excluding hydrogens is 220 g/mol. The van der Waals surface area contributed by atoms with Gasteiger partial charge in [-0.05, 0) is 30.2 Å². The van der Waals surface area contributed by atoms with E-state index in [1.807, 2.05) is 0 Å². The summed E-state index contributed by atoms with van der Waals surface area (Å²) in [6, 6.07) is 4.99. The SMILES string of the molecule is Cc1cc(Cl)ccc1C1(CN)CC1(F)F. The van der Waals surface area contributed by atoms with Crippen molar-refractivity contribution < 1.29 is 8.78 Å². The summed E-state index contributed by atoms with van der Waals surface area (Å²) < 4.78 is 26.6. The second-order valence-electron chi connectivity index (χ2n) is 4.13. The summed E-state index contributed by atoms with van der Waals surface area (Å²) >= 11 is 5.78. The van der Waals surface area contributed by atoms with Gasteiger partial charge in [0, 0.05) is 18.0 Å². The predicted molar refractivity (Wildman–Crippen MR) is 56.5 cm³/mol. The molecule has 1 aliphatic rings. The van der Waals surface area contributed by atoms with E-state index in [9.17, 15) is 8.78 Å². The van der Waals surface area contributed by atoms with Gasteiger partial charge < -0.3 is 5.73 Å². The van der Waals surface area contributed by atoms with Gasteiger partial charge in [0.05, 0.1) is 5.41 Å². The van der Waals surface area contributed by atoms with Crippen LogP contribution in [0.3, 0.4) is 0 Å². The zero-order chi connectivity index (χ0) is 11.3. The molecule has 0 aliphatic heterocycles. The molecule has 1 nitrogen and oxygen atoms in total. The second-order valence-corrected chi connectivity index (χ2v) is 4.56. The minimum absolute atomic E-state index is 0.0253. The number of hydrogen-bond acceptors (Lipinski definition) is 1. The number of alkyl halides is 2. The Morgan fingerprint density at radius 2 is 2.07 bits per heavy atom. The van der Waals surface area contributed by atoms with Gasteiger partial charge in [0.1, 0.15) is 0 Å². The van der Waals surface area contributed by atoms with Crippen molar-refractivity contribution in [3.8, 4) is 0 Å². The summed E-state index contributed by atoms with van der Waals surface area (Å²) in [5.41, 5.74) is 5.73. The van der Waals surface area contributed by atoms with E-state index in [1.165, 1.54) is 0 Å². The minimum Gasteiger partial charge on any atom is -0.329 e. The molecule has 0 heterocycles. The summed E-state index contributed by atoms with van der Waals surface area (Å²) in [6.45, 7) is 1.76. The molecule has 0 spiro atoms. The fourth-order valence-corrected chi connectivity index (χ4v) is 2.35. The molecule has 15 heavy (non-hydrogen) atoms. The third kappa shape index (κ3) is 1.45. The fourth-order valence-electron chi connectivity index (χ4n) is 2.12. The van der Waals surface area contributed by atoms with Gasteiger partial charge in [-0.15, -0.1) is 0 Å². The molecule has 2 N–H and O–H groups in total. The van der Waals surface area contributed by atoms with Crippen LogP contribution in [0.25, 0.3) is 0 Å². The van der Waals surface area contributed by atoms with E-state index in [-0.39, 0.29) is 13.0 Å². The molecule has 4 heteroatoms. The Morgan fingerprint density at radius 1 is 1.47 bits per heavy atom. The van der Waals surface area contributed by atoms with E-state index in [0.717, 1.165) is 5.56 Å². The first-order valence-corrected chi connectivity index (χ1v) is 5.15. The van der Waals surface area contributed by atoms with Crippen molar-refractivity contribution >= 4 is 11.6 Å². The van der Waals surface area contributed by atoms with Crippen LogP contribution in [0.1, 0.15) is 17.5 Å². The van der Waals surface area contributed by atoms with E-state index in [1.54, 1.807) is 25.1 Å². The lowest BCUT2D eigenvalue weighted by molar-refractivity contribution is 0.0894. The van der Waals surface area contributed by atoms with Crippen molar-refractivity contribution in [1.82, 2.24) is 0 Å². The van der Waals surface area contributed by atoms with Gasteiger partial charge in [-0.25, -0.2) is 8.78 Å². The molecular formula is C11H12ClF2N. The topological polar surface area (TPSA) is 26.0 Å². The van der Waals surface area contributed by atoms with Gasteiger partial charge in [0.15, 0.2) is 0 Å². The van der Waals surface area contributed by atoms with E-state index >= 15 is 0 Å². The first-order valence-electron chi connectivity index (χ1n) is 4.77. The molecule has 1 saturated carbocycles. The average molecular weight is 232 g/mol. The molecule has 0 saturated heterocycles. The molecule has 0 amide bonds. The molecule has 1 unspecified atom stereocenters. The number of hydrogen-bond donors (Lipinski definition) is 1. The van der Waals surface area contributed by atoms with Crippen molar-refractivity contribution in [3.05, 3.63) is 34.3 Å². The van der Waals surface area contributed by atoms with Crippen LogP contribution in [0.4, 0.5) is 8.78 Å². The summed E-state index contributed by atoms with van der Waals surface area (Å²) in [7, 11) is 0. The van der Waals surface area contributed by atoms with Crippen molar-refractivity contribution in [2.45, 2.75) is 24.7 Å². The molecule has 1 fully saturated rings. The first-order chi connectivity index (χ1) is 6.93. The predicted octanol–water partition coefficient (Wildman–Crippen LogP) is 2.88. The lowest BCUT2D eigenvalue weighted by atomic mass is 9.91. The molecule has 1 aliphatic carbocycles. The van der Waals surface area contributed by atoms with E-state index in [2.05, 4.69) is 0 Å². The van der Waals surface area contributed by atoms with Crippen LogP contribution >= 0.6 is 11.6 Å². The Kier molecular flexibility index (Phi) is 2.28. The third-order valence-electron chi connectivity index (χ3n) is 3.15. The lowest BCUT2D eigenvalue weighted by Crippen LogP contribution is -2.27. The molecule has 0 radical (unpaired) electrons. The Balaban J connectivity index is 2.46. The number of rotatable bonds is 2. The maximum absolute atomic E-state index is 13.3. The van der Waals surface area contributed by atoms with E-state index < -0.39 is 11.3 Å². The molecule has 2 rings (SSSR count). The van der Waals surface area contributed by atoms with Gasteiger partial charge in [0.2, 0.25) is 0 Å². The number of nitrogens with two attached hydrogens (primary N) is 1. The van der Waals surface area contributed by atoms with E-state index in [4.69, 9.17) is 17.3 Å². The monoisotopic (exact) mass is 231 g/mol. The highest BCUT2D eigenvalue weighted by molar-refractivity contribution is 6.30. The first kappa shape index (κ1) is 10.8. The highest BCUT2D eigenvalue weighted by Gasteiger charge is 2.71. The fraction of sp³-hybridized carbons (Fsp3) is 0.455. The number of aryl methyl sites for hydroxylation is 1. The highest BCUT2D eigenvalue weighted by Crippen LogP contribution is 2.61. The lowest BCUT2D eigenvalue weighted by Gasteiger charge is -2.17. The Morgan fingerprint density at radius 3 is 2.47 bits per heavy atom. The molecule has 0 bridgehead atoms. The van der Waals surface area contributed by atoms with Crippen LogP contribution in [0, 0.1) is 6.92 Å². The summed E-state index contributed by atoms with van der Waals surface area (Å²) in [6.07, 6.45) is -0.154. The summed E-state index contributed by atoms with van der Waals surface area (Å²) in [5.74, 6) is -2.67. The van der Waals surface area contributed by atoms with Gasteiger partial charge in [-0.1, -0.05) is 17.7 Å². The zero-order valence-electron chi connectivity index (χ0n) is 8.36. The van der Waals surface area contributed by atoms with Gasteiger partial charge in [-0.3, -0.25) is 0 Å². The van der Waals surface area contributed by atoms with Gasteiger partial charge in [-0.2, -0.15) is 0 Å². The van der Waals surface area contributed by atoms with Crippen molar-refractivity contribution in [2.24, 2.45) is 5.73 Å². The Bertz CT molecular complexity index is 406. The van der Waals surface area contributed by atoms with Crippen LogP contribution < -0.4 is 5.73 Å².